The topological polar surface area (TPSA) is 12.0 Å². The van der Waals surface area contributed by atoms with Crippen molar-refractivity contribution < 1.29 is 4.39 Å². The van der Waals surface area contributed by atoms with Gasteiger partial charge in [0.15, 0.2) is 0 Å². The Morgan fingerprint density at radius 1 is 1.11 bits per heavy atom. The second-order valence-corrected chi connectivity index (χ2v) is 4.77. The van der Waals surface area contributed by atoms with E-state index in [2.05, 4.69) is 19.2 Å². The van der Waals surface area contributed by atoms with E-state index in [4.69, 9.17) is 0 Å². The van der Waals surface area contributed by atoms with Gasteiger partial charge in [-0.1, -0.05) is 43.3 Å². The van der Waals surface area contributed by atoms with Crippen LogP contribution in [0.25, 0.3) is 11.1 Å². The van der Waals surface area contributed by atoms with Crippen molar-refractivity contribution in [1.29, 1.82) is 0 Å². The molecule has 1 N–H and O–H groups in total. The van der Waals surface area contributed by atoms with E-state index in [0.29, 0.717) is 0 Å². The van der Waals surface area contributed by atoms with E-state index in [-0.39, 0.29) is 11.9 Å². The number of hydrogen-bond donors (Lipinski definition) is 1. The van der Waals surface area contributed by atoms with Crippen molar-refractivity contribution in [3.05, 3.63) is 59.9 Å². The molecule has 2 aromatic carbocycles. The minimum Gasteiger partial charge on any atom is -0.310 e. The van der Waals surface area contributed by atoms with Crippen LogP contribution in [0.5, 0.6) is 0 Å². The third-order valence-electron chi connectivity index (χ3n) is 3.27. The number of benzene rings is 2. The highest BCUT2D eigenvalue weighted by molar-refractivity contribution is 5.68. The van der Waals surface area contributed by atoms with Crippen LogP contribution in [0.15, 0.2) is 48.5 Å². The molecule has 2 rings (SSSR count). The minimum atomic E-state index is -0.190. The lowest BCUT2D eigenvalue weighted by Gasteiger charge is -2.18. The number of hydrogen-bond acceptors (Lipinski definition) is 1. The fourth-order valence-corrected chi connectivity index (χ4v) is 2.24. The van der Waals surface area contributed by atoms with Crippen LogP contribution in [0.2, 0.25) is 0 Å². The van der Waals surface area contributed by atoms with Gasteiger partial charge < -0.3 is 5.32 Å². The van der Waals surface area contributed by atoms with E-state index in [9.17, 15) is 4.39 Å². The molecule has 1 unspecified atom stereocenters. The van der Waals surface area contributed by atoms with E-state index in [1.807, 2.05) is 36.4 Å². The third-order valence-corrected chi connectivity index (χ3v) is 3.27. The molecular weight excluding hydrogens is 237 g/mol. The lowest BCUT2D eigenvalue weighted by atomic mass is 9.95. The average Bonchev–Trinajstić information content (AvgIpc) is 2.45. The maximum Gasteiger partial charge on any atom is 0.123 e. The van der Waals surface area contributed by atoms with Crippen LogP contribution in [0.1, 0.15) is 31.9 Å². The molecule has 0 fully saturated rings. The second kappa shape index (κ2) is 6.48. The van der Waals surface area contributed by atoms with E-state index < -0.39 is 0 Å². The number of nitrogens with one attached hydrogen (secondary N) is 1. The summed E-state index contributed by atoms with van der Waals surface area (Å²) in [6.07, 6.45) is 1.09. The van der Waals surface area contributed by atoms with Crippen LogP contribution in [-0.2, 0) is 0 Å². The zero-order valence-corrected chi connectivity index (χ0v) is 11.5. The van der Waals surface area contributed by atoms with Crippen molar-refractivity contribution >= 4 is 0 Å². The molecule has 0 saturated carbocycles. The third kappa shape index (κ3) is 3.42. The molecule has 0 aromatic heterocycles. The SMILES string of the molecule is CCCNC(C)c1ccc(F)cc1-c1ccccc1. The Bertz CT molecular complexity index is 522. The summed E-state index contributed by atoms with van der Waals surface area (Å²) in [4.78, 5) is 0. The maximum atomic E-state index is 13.5. The molecule has 0 aliphatic heterocycles. The smallest absolute Gasteiger partial charge is 0.123 e. The highest BCUT2D eigenvalue weighted by atomic mass is 19.1. The van der Waals surface area contributed by atoms with Gasteiger partial charge in [0.05, 0.1) is 0 Å². The van der Waals surface area contributed by atoms with Crippen LogP contribution in [-0.4, -0.2) is 6.54 Å². The van der Waals surface area contributed by atoms with Crippen LogP contribution < -0.4 is 5.32 Å². The van der Waals surface area contributed by atoms with Gasteiger partial charge in [-0.3, -0.25) is 0 Å². The van der Waals surface area contributed by atoms with Crippen molar-refractivity contribution in [3.8, 4) is 11.1 Å². The molecule has 0 saturated heterocycles. The minimum absolute atomic E-state index is 0.190. The van der Waals surface area contributed by atoms with Gasteiger partial charge in [0.2, 0.25) is 0 Å². The predicted octanol–water partition coefficient (Wildman–Crippen LogP) is 4.55. The van der Waals surface area contributed by atoms with Gasteiger partial charge in [-0.05, 0) is 48.7 Å². The number of rotatable bonds is 5. The Labute approximate surface area is 114 Å². The van der Waals surface area contributed by atoms with Gasteiger partial charge in [0.25, 0.3) is 0 Å². The predicted molar refractivity (Wildman–Crippen MR) is 78.5 cm³/mol. The van der Waals surface area contributed by atoms with Gasteiger partial charge >= 0.3 is 0 Å². The first-order chi connectivity index (χ1) is 9.22. The molecule has 0 spiro atoms. The van der Waals surface area contributed by atoms with E-state index in [1.54, 1.807) is 6.07 Å². The summed E-state index contributed by atoms with van der Waals surface area (Å²) in [7, 11) is 0. The summed E-state index contributed by atoms with van der Waals surface area (Å²) in [6, 6.07) is 15.2. The standard InChI is InChI=1S/C17H20FN/c1-3-11-19-13(2)16-10-9-15(18)12-17(16)14-7-5-4-6-8-14/h4-10,12-13,19H,3,11H2,1-2H3. The largest absolute Gasteiger partial charge is 0.310 e. The lowest BCUT2D eigenvalue weighted by Crippen LogP contribution is -2.19. The van der Waals surface area contributed by atoms with Crippen molar-refractivity contribution in [3.63, 3.8) is 0 Å². The Morgan fingerprint density at radius 3 is 2.53 bits per heavy atom. The Balaban J connectivity index is 2.38. The molecule has 0 bridgehead atoms. The quantitative estimate of drug-likeness (QED) is 0.828. The molecule has 0 amide bonds. The van der Waals surface area contributed by atoms with Gasteiger partial charge in [-0.15, -0.1) is 0 Å². The lowest BCUT2D eigenvalue weighted by molar-refractivity contribution is 0.569. The number of halogens is 1. The van der Waals surface area contributed by atoms with Gasteiger partial charge in [0.1, 0.15) is 5.82 Å². The van der Waals surface area contributed by atoms with E-state index in [1.165, 1.54) is 6.07 Å². The van der Waals surface area contributed by atoms with Crippen LogP contribution in [0.4, 0.5) is 4.39 Å². The molecule has 0 radical (unpaired) electrons. The molecule has 0 aliphatic rings. The molecule has 100 valence electrons. The van der Waals surface area contributed by atoms with Gasteiger partial charge in [0, 0.05) is 6.04 Å². The Morgan fingerprint density at radius 2 is 1.84 bits per heavy atom. The molecule has 1 nitrogen and oxygen atoms in total. The van der Waals surface area contributed by atoms with Crippen molar-refractivity contribution in [2.75, 3.05) is 6.54 Å². The zero-order chi connectivity index (χ0) is 13.7. The maximum absolute atomic E-state index is 13.5. The summed E-state index contributed by atoms with van der Waals surface area (Å²) in [5.74, 6) is -0.190. The summed E-state index contributed by atoms with van der Waals surface area (Å²) in [5.41, 5.74) is 3.17. The fraction of sp³-hybridized carbons (Fsp3) is 0.294. The van der Waals surface area contributed by atoms with Crippen molar-refractivity contribution in [2.45, 2.75) is 26.3 Å². The summed E-state index contributed by atoms with van der Waals surface area (Å²) >= 11 is 0. The first-order valence-corrected chi connectivity index (χ1v) is 6.80. The van der Waals surface area contributed by atoms with Gasteiger partial charge in [-0.2, -0.15) is 0 Å². The van der Waals surface area contributed by atoms with Crippen LogP contribution >= 0.6 is 0 Å². The summed E-state index contributed by atoms with van der Waals surface area (Å²) in [5, 5.41) is 3.46. The first-order valence-electron chi connectivity index (χ1n) is 6.80. The van der Waals surface area contributed by atoms with Crippen molar-refractivity contribution in [1.82, 2.24) is 5.32 Å². The van der Waals surface area contributed by atoms with Crippen LogP contribution in [0.3, 0.4) is 0 Å². The normalized spacial score (nSPS) is 12.4. The molecule has 19 heavy (non-hydrogen) atoms. The highest BCUT2D eigenvalue weighted by Crippen LogP contribution is 2.28. The Hall–Kier alpha value is -1.67. The second-order valence-electron chi connectivity index (χ2n) is 4.77. The fourth-order valence-electron chi connectivity index (χ4n) is 2.24. The van der Waals surface area contributed by atoms with E-state index in [0.717, 1.165) is 29.7 Å². The highest BCUT2D eigenvalue weighted by Gasteiger charge is 2.12. The monoisotopic (exact) mass is 257 g/mol. The molecule has 0 heterocycles. The molecule has 0 aliphatic carbocycles. The average molecular weight is 257 g/mol. The molecule has 2 aromatic rings. The Kier molecular flexibility index (Phi) is 4.69. The molecule has 2 heteroatoms. The zero-order valence-electron chi connectivity index (χ0n) is 11.5. The first kappa shape index (κ1) is 13.8. The van der Waals surface area contributed by atoms with Gasteiger partial charge in [-0.25, -0.2) is 4.39 Å². The van der Waals surface area contributed by atoms with E-state index >= 15 is 0 Å². The molecular formula is C17H20FN. The summed E-state index contributed by atoms with van der Waals surface area (Å²) in [6.45, 7) is 5.23. The van der Waals surface area contributed by atoms with Crippen molar-refractivity contribution in [2.24, 2.45) is 0 Å². The molecule has 1 atom stereocenters. The van der Waals surface area contributed by atoms with Crippen LogP contribution in [0, 0.1) is 5.82 Å². The summed E-state index contributed by atoms with van der Waals surface area (Å²) < 4.78 is 13.5.